The third-order valence-corrected chi connectivity index (χ3v) is 4.49. The van der Waals surface area contributed by atoms with Crippen LogP contribution in [0.1, 0.15) is 34.1 Å². The Morgan fingerprint density at radius 1 is 1.43 bits per heavy atom. The largest absolute Gasteiger partial charge is 0.464 e. The monoisotopic (exact) mass is 316 g/mol. The fourth-order valence-corrected chi connectivity index (χ4v) is 3.58. The van der Waals surface area contributed by atoms with Crippen LogP contribution < -0.4 is 5.73 Å². The number of rotatable bonds is 5. The summed E-state index contributed by atoms with van der Waals surface area (Å²) in [6, 6.07) is -0.467. The average Bonchev–Trinajstić information content (AvgIpc) is 2.43. The molecule has 6 heteroatoms. The zero-order chi connectivity index (χ0) is 16.0. The standard InChI is InChI=1S/C15H28N2O3S/c1-5-20-14(19)12-10-21-7-6-17(12)13(18)11(9-16)8-15(2,3)4/h11-12H,5-10,16H2,1-4H3. The molecule has 21 heavy (non-hydrogen) atoms. The van der Waals surface area contributed by atoms with E-state index in [1.807, 2.05) is 0 Å². The van der Waals surface area contributed by atoms with Crippen molar-refractivity contribution in [1.82, 2.24) is 4.90 Å². The minimum Gasteiger partial charge on any atom is -0.464 e. The summed E-state index contributed by atoms with van der Waals surface area (Å²) in [5.74, 6) is 0.923. The van der Waals surface area contributed by atoms with Crippen LogP contribution >= 0.6 is 11.8 Å². The summed E-state index contributed by atoms with van der Waals surface area (Å²) in [6.45, 7) is 9.31. The molecule has 0 aliphatic carbocycles. The normalized spacial score (nSPS) is 21.0. The summed E-state index contributed by atoms with van der Waals surface area (Å²) < 4.78 is 5.10. The molecule has 2 atom stereocenters. The molecule has 1 aliphatic rings. The van der Waals surface area contributed by atoms with E-state index in [0.29, 0.717) is 25.4 Å². The van der Waals surface area contributed by atoms with Gasteiger partial charge in [0, 0.05) is 24.6 Å². The molecule has 0 radical (unpaired) electrons. The Balaban J connectivity index is 2.82. The Bertz CT molecular complexity index is 368. The quantitative estimate of drug-likeness (QED) is 0.778. The van der Waals surface area contributed by atoms with Crippen molar-refractivity contribution in [3.8, 4) is 0 Å². The highest BCUT2D eigenvalue weighted by Crippen LogP contribution is 2.27. The van der Waals surface area contributed by atoms with E-state index < -0.39 is 6.04 Å². The Morgan fingerprint density at radius 3 is 2.62 bits per heavy atom. The maximum Gasteiger partial charge on any atom is 0.329 e. The fraction of sp³-hybridized carbons (Fsp3) is 0.867. The number of esters is 1. The second-order valence-electron chi connectivity index (χ2n) is 6.57. The predicted molar refractivity (Wildman–Crippen MR) is 86.1 cm³/mol. The van der Waals surface area contributed by atoms with Gasteiger partial charge in [-0.25, -0.2) is 4.79 Å². The third kappa shape index (κ3) is 5.51. The van der Waals surface area contributed by atoms with Gasteiger partial charge in [0.15, 0.2) is 0 Å². The molecule has 122 valence electrons. The van der Waals surface area contributed by atoms with Crippen LogP contribution in [0.2, 0.25) is 0 Å². The van der Waals surface area contributed by atoms with Gasteiger partial charge in [-0.15, -0.1) is 0 Å². The number of nitrogens with zero attached hydrogens (tertiary/aromatic N) is 1. The Hall–Kier alpha value is -0.750. The van der Waals surface area contributed by atoms with Gasteiger partial charge in [0.05, 0.1) is 12.5 Å². The van der Waals surface area contributed by atoms with Crippen molar-refractivity contribution < 1.29 is 14.3 Å². The number of hydrogen-bond donors (Lipinski definition) is 1. The summed E-state index contributed by atoms with van der Waals surface area (Å²) in [7, 11) is 0. The van der Waals surface area contributed by atoms with Crippen molar-refractivity contribution in [2.24, 2.45) is 17.1 Å². The molecule has 1 fully saturated rings. The summed E-state index contributed by atoms with van der Waals surface area (Å²) in [5.41, 5.74) is 5.83. The van der Waals surface area contributed by atoms with Crippen LogP contribution in [-0.4, -0.2) is 54.0 Å². The van der Waals surface area contributed by atoms with E-state index >= 15 is 0 Å². The number of carbonyl (C=O) groups is 2. The van der Waals surface area contributed by atoms with Gasteiger partial charge in [-0.1, -0.05) is 20.8 Å². The van der Waals surface area contributed by atoms with Crippen molar-refractivity contribution in [2.75, 3.05) is 31.2 Å². The fourth-order valence-electron chi connectivity index (χ4n) is 2.55. The molecule has 1 heterocycles. The second-order valence-corrected chi connectivity index (χ2v) is 7.72. The van der Waals surface area contributed by atoms with Gasteiger partial charge in [-0.3, -0.25) is 4.79 Å². The van der Waals surface area contributed by atoms with Gasteiger partial charge in [0.1, 0.15) is 6.04 Å². The molecule has 0 aromatic carbocycles. The van der Waals surface area contributed by atoms with E-state index in [-0.39, 0.29) is 23.2 Å². The lowest BCUT2D eigenvalue weighted by atomic mass is 9.84. The topological polar surface area (TPSA) is 72.6 Å². The van der Waals surface area contributed by atoms with Crippen molar-refractivity contribution in [3.63, 3.8) is 0 Å². The molecule has 0 bridgehead atoms. The highest BCUT2D eigenvalue weighted by atomic mass is 32.2. The predicted octanol–water partition coefficient (Wildman–Crippen LogP) is 1.50. The van der Waals surface area contributed by atoms with E-state index in [4.69, 9.17) is 10.5 Å². The summed E-state index contributed by atoms with van der Waals surface area (Å²) in [6.07, 6.45) is 0.724. The van der Waals surface area contributed by atoms with Crippen LogP contribution in [0, 0.1) is 11.3 Å². The maximum absolute atomic E-state index is 12.8. The van der Waals surface area contributed by atoms with E-state index in [0.717, 1.165) is 12.2 Å². The summed E-state index contributed by atoms with van der Waals surface area (Å²) >= 11 is 1.68. The summed E-state index contributed by atoms with van der Waals surface area (Å²) in [5, 5.41) is 0. The lowest BCUT2D eigenvalue weighted by Crippen LogP contribution is -2.54. The molecule has 0 spiro atoms. The minimum atomic E-state index is -0.467. The first-order valence-electron chi connectivity index (χ1n) is 7.55. The molecular formula is C15H28N2O3S. The van der Waals surface area contributed by atoms with Crippen LogP contribution in [0.3, 0.4) is 0 Å². The Kier molecular flexibility index (Phi) is 7.00. The molecule has 1 amide bonds. The van der Waals surface area contributed by atoms with E-state index in [9.17, 15) is 9.59 Å². The van der Waals surface area contributed by atoms with Crippen LogP contribution in [0.4, 0.5) is 0 Å². The lowest BCUT2D eigenvalue weighted by molar-refractivity contribution is -0.155. The van der Waals surface area contributed by atoms with Gasteiger partial charge >= 0.3 is 5.97 Å². The number of carbonyl (C=O) groups excluding carboxylic acids is 2. The SMILES string of the molecule is CCOC(=O)C1CSCCN1C(=O)C(CN)CC(C)(C)C. The van der Waals surface area contributed by atoms with Gasteiger partial charge in [-0.05, 0) is 18.8 Å². The Morgan fingerprint density at radius 2 is 2.10 bits per heavy atom. The van der Waals surface area contributed by atoms with E-state index in [2.05, 4.69) is 20.8 Å². The van der Waals surface area contributed by atoms with Crippen LogP contribution in [0.15, 0.2) is 0 Å². The molecule has 0 saturated carbocycles. The Labute approximate surface area is 132 Å². The molecule has 1 rings (SSSR count). The highest BCUT2D eigenvalue weighted by molar-refractivity contribution is 7.99. The molecule has 5 nitrogen and oxygen atoms in total. The third-order valence-electron chi connectivity index (χ3n) is 3.46. The van der Waals surface area contributed by atoms with Crippen molar-refractivity contribution >= 4 is 23.6 Å². The van der Waals surface area contributed by atoms with Crippen LogP contribution in [-0.2, 0) is 14.3 Å². The molecule has 2 N–H and O–H groups in total. The number of hydrogen-bond acceptors (Lipinski definition) is 5. The number of ether oxygens (including phenoxy) is 1. The zero-order valence-electron chi connectivity index (χ0n) is 13.6. The first-order chi connectivity index (χ1) is 9.80. The molecule has 2 unspecified atom stereocenters. The van der Waals surface area contributed by atoms with Crippen molar-refractivity contribution in [3.05, 3.63) is 0 Å². The number of amides is 1. The lowest BCUT2D eigenvalue weighted by Gasteiger charge is -2.37. The molecule has 0 aromatic rings. The highest BCUT2D eigenvalue weighted by Gasteiger charge is 2.37. The van der Waals surface area contributed by atoms with Crippen LogP contribution in [0.25, 0.3) is 0 Å². The molecule has 0 aromatic heterocycles. The van der Waals surface area contributed by atoms with Crippen LogP contribution in [0.5, 0.6) is 0 Å². The van der Waals surface area contributed by atoms with E-state index in [1.54, 1.807) is 23.6 Å². The number of thioether (sulfide) groups is 1. The molecule has 1 aliphatic heterocycles. The van der Waals surface area contributed by atoms with Gasteiger partial charge in [0.2, 0.25) is 5.91 Å². The van der Waals surface area contributed by atoms with Gasteiger partial charge in [-0.2, -0.15) is 11.8 Å². The minimum absolute atomic E-state index is 0.00854. The summed E-state index contributed by atoms with van der Waals surface area (Å²) in [4.78, 5) is 26.5. The maximum atomic E-state index is 12.8. The molecule has 1 saturated heterocycles. The first-order valence-corrected chi connectivity index (χ1v) is 8.70. The van der Waals surface area contributed by atoms with Gasteiger partial charge < -0.3 is 15.4 Å². The molecular weight excluding hydrogens is 288 g/mol. The second kappa shape index (κ2) is 8.03. The average molecular weight is 316 g/mol. The number of nitrogens with two attached hydrogens (primary N) is 1. The van der Waals surface area contributed by atoms with Gasteiger partial charge in [0.25, 0.3) is 0 Å². The first kappa shape index (κ1) is 18.3. The van der Waals surface area contributed by atoms with E-state index in [1.165, 1.54) is 0 Å². The van der Waals surface area contributed by atoms with Crippen molar-refractivity contribution in [2.45, 2.75) is 40.2 Å². The zero-order valence-corrected chi connectivity index (χ0v) is 14.4. The van der Waals surface area contributed by atoms with Crippen molar-refractivity contribution in [1.29, 1.82) is 0 Å². The smallest absolute Gasteiger partial charge is 0.329 e.